The number of benzene rings is 1. The summed E-state index contributed by atoms with van der Waals surface area (Å²) in [6.45, 7) is 2.54. The van der Waals surface area contributed by atoms with Gasteiger partial charge < -0.3 is 14.6 Å². The van der Waals surface area contributed by atoms with E-state index < -0.39 is 5.97 Å². The van der Waals surface area contributed by atoms with Crippen LogP contribution < -0.4 is 9.84 Å². The van der Waals surface area contributed by atoms with E-state index in [4.69, 9.17) is 4.74 Å². The third-order valence-corrected chi connectivity index (χ3v) is 3.16. The summed E-state index contributed by atoms with van der Waals surface area (Å²) in [4.78, 5) is 15.5. The van der Waals surface area contributed by atoms with Gasteiger partial charge in [-0.2, -0.15) is 0 Å². The minimum absolute atomic E-state index is 0.0807. The summed E-state index contributed by atoms with van der Waals surface area (Å²) in [6.07, 6.45) is 1.69. The van der Waals surface area contributed by atoms with Gasteiger partial charge in [-0.05, 0) is 43.3 Å². The molecule has 2 heterocycles. The van der Waals surface area contributed by atoms with Crippen molar-refractivity contribution in [1.82, 2.24) is 9.38 Å². The third kappa shape index (κ3) is 2.45. The van der Waals surface area contributed by atoms with Crippen molar-refractivity contribution in [3.8, 4) is 17.0 Å². The molecule has 5 heteroatoms. The van der Waals surface area contributed by atoms with Crippen LogP contribution >= 0.6 is 0 Å². The van der Waals surface area contributed by atoms with E-state index in [9.17, 15) is 9.90 Å². The van der Waals surface area contributed by atoms with Crippen LogP contribution in [0, 0.1) is 0 Å². The number of carboxylic acid groups (broad SMARTS) is 1. The molecule has 106 valence electrons. The second-order valence-corrected chi connectivity index (χ2v) is 4.51. The molecule has 0 aliphatic heterocycles. The fourth-order valence-electron chi connectivity index (χ4n) is 2.20. The molecule has 0 bridgehead atoms. The lowest BCUT2D eigenvalue weighted by molar-refractivity contribution is -0.255. The molecule has 0 atom stereocenters. The maximum Gasteiger partial charge on any atom is 0.137 e. The van der Waals surface area contributed by atoms with Crippen molar-refractivity contribution in [3.05, 3.63) is 54.4 Å². The predicted octanol–water partition coefficient (Wildman–Crippen LogP) is 1.76. The van der Waals surface area contributed by atoms with Crippen molar-refractivity contribution in [2.24, 2.45) is 0 Å². The lowest BCUT2D eigenvalue weighted by Crippen LogP contribution is -2.24. The molecule has 0 unspecified atom stereocenters. The largest absolute Gasteiger partial charge is 0.543 e. The topological polar surface area (TPSA) is 66.7 Å². The monoisotopic (exact) mass is 281 g/mol. The number of pyridine rings is 1. The first-order chi connectivity index (χ1) is 10.2. The molecule has 3 aromatic rings. The van der Waals surface area contributed by atoms with Gasteiger partial charge in [-0.3, -0.25) is 4.40 Å². The third-order valence-electron chi connectivity index (χ3n) is 3.16. The molecule has 0 aliphatic carbocycles. The van der Waals surface area contributed by atoms with Gasteiger partial charge in [0.2, 0.25) is 0 Å². The second-order valence-electron chi connectivity index (χ2n) is 4.51. The van der Waals surface area contributed by atoms with Crippen LogP contribution in [0.3, 0.4) is 0 Å². The average molecular weight is 281 g/mol. The fraction of sp³-hybridized carbons (Fsp3) is 0.125. The Hall–Kier alpha value is -2.82. The van der Waals surface area contributed by atoms with Crippen LogP contribution in [0.15, 0.2) is 48.7 Å². The van der Waals surface area contributed by atoms with Gasteiger partial charge in [0.25, 0.3) is 0 Å². The Bertz CT molecular complexity index is 791. The minimum atomic E-state index is -1.23. The van der Waals surface area contributed by atoms with Crippen LogP contribution in [0.25, 0.3) is 16.9 Å². The number of ether oxygens (including phenoxy) is 1. The van der Waals surface area contributed by atoms with Crippen LogP contribution in [0.5, 0.6) is 5.75 Å². The SMILES string of the molecule is CCOc1ccc(-c2cn3c(C(=O)[O-])cccc3n2)cc1. The van der Waals surface area contributed by atoms with E-state index in [1.807, 2.05) is 31.2 Å². The Balaban J connectivity index is 2.04. The summed E-state index contributed by atoms with van der Waals surface area (Å²) in [6, 6.07) is 12.4. The van der Waals surface area contributed by atoms with Gasteiger partial charge in [-0.15, -0.1) is 0 Å². The zero-order chi connectivity index (χ0) is 14.8. The molecule has 1 aromatic carbocycles. The fourth-order valence-corrected chi connectivity index (χ4v) is 2.20. The molecule has 21 heavy (non-hydrogen) atoms. The lowest BCUT2D eigenvalue weighted by atomic mass is 10.2. The van der Waals surface area contributed by atoms with Gasteiger partial charge in [0.1, 0.15) is 11.4 Å². The highest BCUT2D eigenvalue weighted by atomic mass is 16.5. The maximum absolute atomic E-state index is 11.1. The van der Waals surface area contributed by atoms with Crippen molar-refractivity contribution >= 4 is 11.6 Å². The molecule has 0 radical (unpaired) electrons. The predicted molar refractivity (Wildman–Crippen MR) is 76.1 cm³/mol. The number of aromatic carboxylic acids is 1. The molecular formula is C16H13N2O3-. The Kier molecular flexibility index (Phi) is 3.31. The summed E-state index contributed by atoms with van der Waals surface area (Å²) in [5, 5.41) is 11.1. The summed E-state index contributed by atoms with van der Waals surface area (Å²) in [7, 11) is 0. The van der Waals surface area contributed by atoms with Gasteiger partial charge in [-0.1, -0.05) is 6.07 Å². The maximum atomic E-state index is 11.1. The number of hydrogen-bond donors (Lipinski definition) is 0. The second kappa shape index (κ2) is 5.28. The highest BCUT2D eigenvalue weighted by Gasteiger charge is 2.07. The standard InChI is InChI=1S/C16H14N2O3/c1-2-21-12-8-6-11(7-9-12)13-10-18-14(16(19)20)4-3-5-15(18)17-13/h3-10H,2H2,1H3,(H,19,20)/p-1. The summed E-state index contributed by atoms with van der Waals surface area (Å²) >= 11 is 0. The summed E-state index contributed by atoms with van der Waals surface area (Å²) < 4.78 is 6.91. The van der Waals surface area contributed by atoms with E-state index in [-0.39, 0.29) is 5.69 Å². The van der Waals surface area contributed by atoms with Gasteiger partial charge in [0, 0.05) is 11.8 Å². The highest BCUT2D eigenvalue weighted by Crippen LogP contribution is 2.22. The van der Waals surface area contributed by atoms with Crippen molar-refractivity contribution in [2.75, 3.05) is 6.61 Å². The van der Waals surface area contributed by atoms with E-state index in [2.05, 4.69) is 4.98 Å². The number of rotatable bonds is 4. The van der Waals surface area contributed by atoms with Crippen LogP contribution in [-0.2, 0) is 0 Å². The highest BCUT2D eigenvalue weighted by molar-refractivity contribution is 5.85. The number of imidazole rings is 1. The molecule has 0 saturated heterocycles. The Morgan fingerprint density at radius 2 is 2.00 bits per heavy atom. The van der Waals surface area contributed by atoms with Crippen molar-refractivity contribution in [1.29, 1.82) is 0 Å². The first-order valence-corrected chi connectivity index (χ1v) is 6.61. The molecule has 0 amide bonds. The van der Waals surface area contributed by atoms with Crippen LogP contribution in [-0.4, -0.2) is 22.0 Å². The first-order valence-electron chi connectivity index (χ1n) is 6.61. The minimum Gasteiger partial charge on any atom is -0.543 e. The van der Waals surface area contributed by atoms with E-state index in [0.29, 0.717) is 17.9 Å². The van der Waals surface area contributed by atoms with Crippen LogP contribution in [0.2, 0.25) is 0 Å². The quantitative estimate of drug-likeness (QED) is 0.731. The zero-order valence-electron chi connectivity index (χ0n) is 11.4. The van der Waals surface area contributed by atoms with Gasteiger partial charge in [-0.25, -0.2) is 4.98 Å². The van der Waals surface area contributed by atoms with Gasteiger partial charge in [0.15, 0.2) is 0 Å². The molecule has 3 rings (SSSR count). The molecule has 0 aliphatic rings. The van der Waals surface area contributed by atoms with Crippen LogP contribution in [0.4, 0.5) is 0 Å². The zero-order valence-corrected chi connectivity index (χ0v) is 11.4. The molecule has 2 aromatic heterocycles. The van der Waals surface area contributed by atoms with E-state index in [1.54, 1.807) is 18.3 Å². The molecular weight excluding hydrogens is 268 g/mol. The number of nitrogens with zero attached hydrogens (tertiary/aromatic N) is 2. The number of hydrogen-bond acceptors (Lipinski definition) is 4. The van der Waals surface area contributed by atoms with Gasteiger partial charge in [0.05, 0.1) is 24.0 Å². The smallest absolute Gasteiger partial charge is 0.137 e. The van der Waals surface area contributed by atoms with Crippen LogP contribution in [0.1, 0.15) is 17.4 Å². The average Bonchev–Trinajstić information content (AvgIpc) is 2.92. The summed E-state index contributed by atoms with van der Waals surface area (Å²) in [5.41, 5.74) is 2.25. The Morgan fingerprint density at radius 1 is 1.24 bits per heavy atom. The van der Waals surface area contributed by atoms with Gasteiger partial charge >= 0.3 is 0 Å². The summed E-state index contributed by atoms with van der Waals surface area (Å²) in [5.74, 6) is -0.434. The number of carbonyl (C=O) groups is 1. The number of carbonyl (C=O) groups excluding carboxylic acids is 1. The van der Waals surface area contributed by atoms with Crippen molar-refractivity contribution < 1.29 is 14.6 Å². The number of aromatic nitrogens is 2. The molecule has 0 saturated carbocycles. The molecule has 0 fully saturated rings. The first kappa shape index (κ1) is 13.2. The molecule has 5 nitrogen and oxygen atoms in total. The van der Waals surface area contributed by atoms with E-state index >= 15 is 0 Å². The Labute approximate surface area is 121 Å². The molecule has 0 N–H and O–H groups in total. The van der Waals surface area contributed by atoms with E-state index in [1.165, 1.54) is 10.5 Å². The van der Waals surface area contributed by atoms with Crippen molar-refractivity contribution in [2.45, 2.75) is 6.92 Å². The number of carboxylic acids is 1. The van der Waals surface area contributed by atoms with E-state index in [0.717, 1.165) is 11.3 Å². The molecule has 0 spiro atoms. The normalized spacial score (nSPS) is 10.7. The lowest BCUT2D eigenvalue weighted by Gasteiger charge is -2.04. The van der Waals surface area contributed by atoms with Crippen molar-refractivity contribution in [3.63, 3.8) is 0 Å². The number of fused-ring (bicyclic) bond motifs is 1. The Morgan fingerprint density at radius 3 is 2.67 bits per heavy atom.